The van der Waals surface area contributed by atoms with Crippen molar-refractivity contribution in [1.29, 1.82) is 0 Å². The maximum Gasteiger partial charge on any atom is 1.00 e. The van der Waals surface area contributed by atoms with Gasteiger partial charge < -0.3 is 15.9 Å². The first-order valence-corrected chi connectivity index (χ1v) is 27.8. The van der Waals surface area contributed by atoms with Crippen LogP contribution in [-0.2, 0) is 19.6 Å². The van der Waals surface area contributed by atoms with Crippen molar-refractivity contribution >= 4 is 5.97 Å². The van der Waals surface area contributed by atoms with Crippen LogP contribution in [0, 0.1) is 49.4 Å². The van der Waals surface area contributed by atoms with Gasteiger partial charge in [0.25, 0.3) is 0 Å². The summed E-state index contributed by atoms with van der Waals surface area (Å²) in [6.45, 7) is 27.5. The smallest absolute Gasteiger partial charge is 0.870 e. The summed E-state index contributed by atoms with van der Waals surface area (Å²) in [4.78, 5) is 16.1. The minimum absolute atomic E-state index is 0. The fourth-order valence-electron chi connectivity index (χ4n) is 9.34. The van der Waals surface area contributed by atoms with Crippen LogP contribution in [0.25, 0.3) is 0 Å². The molecule has 77 heavy (non-hydrogen) atoms. The third-order valence-corrected chi connectivity index (χ3v) is 14.4. The molecule has 7 heteroatoms. The number of nitrogens with zero attached hydrogens (tertiary/aromatic N) is 2. The molecule has 0 aliphatic heterocycles. The SMILES string of the molecule is CCN(Cc1ccc(C#Cc2ccc(C(=O)O)cc2)cc1C(C)C)C1CC1.CCN(Cc1ccc(C#Cc2ccc(C)cc2)cc1C(C)C)C1CC1.Cc1ccc(C#Cc2ccc(CNC3CC3)c(C(C)C)c2)cc1.[Na+].[OH-]. The molecule has 3 aliphatic rings. The van der Waals surface area contributed by atoms with Crippen LogP contribution in [0.2, 0.25) is 0 Å². The molecule has 0 aromatic heterocycles. The van der Waals surface area contributed by atoms with E-state index in [1.54, 1.807) is 24.3 Å². The predicted octanol–water partition coefficient (Wildman–Crippen LogP) is 12.0. The second-order valence-corrected chi connectivity index (χ2v) is 21.8. The first-order valence-electron chi connectivity index (χ1n) is 27.8. The maximum absolute atomic E-state index is 10.9. The van der Waals surface area contributed by atoms with Crippen LogP contribution in [-0.4, -0.2) is 57.6 Å². The van der Waals surface area contributed by atoms with Crippen molar-refractivity contribution in [1.82, 2.24) is 15.1 Å². The Morgan fingerprint density at radius 1 is 0.494 bits per heavy atom. The maximum atomic E-state index is 10.9. The summed E-state index contributed by atoms with van der Waals surface area (Å²) in [5.41, 5.74) is 17.5. The number of rotatable bonds is 15. The molecule has 6 aromatic carbocycles. The van der Waals surface area contributed by atoms with Crippen LogP contribution in [0.15, 0.2) is 127 Å². The van der Waals surface area contributed by atoms with Gasteiger partial charge in [-0.1, -0.05) is 145 Å². The Morgan fingerprint density at radius 3 is 1.12 bits per heavy atom. The molecule has 3 N–H and O–H groups in total. The van der Waals surface area contributed by atoms with Gasteiger partial charge in [0, 0.05) is 71.1 Å². The van der Waals surface area contributed by atoms with Crippen molar-refractivity contribution in [3.05, 3.63) is 211 Å². The second-order valence-electron chi connectivity index (χ2n) is 21.8. The first kappa shape index (κ1) is 62.2. The topological polar surface area (TPSA) is 85.8 Å². The van der Waals surface area contributed by atoms with E-state index >= 15 is 0 Å². The summed E-state index contributed by atoms with van der Waals surface area (Å²) in [5, 5.41) is 12.6. The number of carboxylic acids is 1. The molecule has 0 heterocycles. The van der Waals surface area contributed by atoms with Crippen molar-refractivity contribution in [2.75, 3.05) is 13.1 Å². The molecule has 0 amide bonds. The van der Waals surface area contributed by atoms with E-state index in [9.17, 15) is 4.79 Å². The zero-order chi connectivity index (χ0) is 53.4. The number of aryl methyl sites for hydroxylation is 2. The van der Waals surface area contributed by atoms with Gasteiger partial charge >= 0.3 is 35.5 Å². The number of carboxylic acid groups (broad SMARTS) is 1. The van der Waals surface area contributed by atoms with E-state index in [2.05, 4.69) is 223 Å². The summed E-state index contributed by atoms with van der Waals surface area (Å²) >= 11 is 0. The molecule has 3 saturated carbocycles. The van der Waals surface area contributed by atoms with Crippen molar-refractivity contribution in [3.63, 3.8) is 0 Å². The molecule has 0 atom stereocenters. The summed E-state index contributed by atoms with van der Waals surface area (Å²) in [7, 11) is 0. The van der Waals surface area contributed by atoms with Crippen LogP contribution in [0.3, 0.4) is 0 Å². The minimum Gasteiger partial charge on any atom is -0.870 e. The Balaban J connectivity index is 0.000000211. The molecule has 3 aliphatic carbocycles. The van der Waals surface area contributed by atoms with Crippen molar-refractivity contribution in [3.8, 4) is 35.5 Å². The normalized spacial score (nSPS) is 13.3. The van der Waals surface area contributed by atoms with Crippen molar-refractivity contribution < 1.29 is 44.9 Å². The Labute approximate surface area is 485 Å². The molecule has 6 nitrogen and oxygen atoms in total. The van der Waals surface area contributed by atoms with Gasteiger partial charge in [-0.15, -0.1) is 0 Å². The number of aromatic carboxylic acids is 1. The Hall–Kier alpha value is -5.69. The number of hydrogen-bond acceptors (Lipinski definition) is 5. The van der Waals surface area contributed by atoms with Gasteiger partial charge in [-0.05, 0) is 202 Å². The first-order chi connectivity index (χ1) is 36.2. The molecule has 9 rings (SSSR count). The van der Waals surface area contributed by atoms with Crippen molar-refractivity contribution in [2.24, 2.45) is 0 Å². The molecule has 0 radical (unpaired) electrons. The van der Waals surface area contributed by atoms with Crippen LogP contribution in [0.1, 0.15) is 200 Å². The third kappa shape index (κ3) is 19.9. The van der Waals surface area contributed by atoms with Gasteiger partial charge in [0.05, 0.1) is 5.56 Å². The fourth-order valence-corrected chi connectivity index (χ4v) is 9.34. The summed E-state index contributed by atoms with van der Waals surface area (Å²) < 4.78 is 0. The zero-order valence-corrected chi connectivity index (χ0v) is 50.1. The standard InChI is InChI=1S/C24H27NO2.C24H29N.C22H25N.Na.H2O/c1-4-25(22-13-14-22)16-21-12-9-19(15-23(21)17(2)3)6-5-18-7-10-20(11-8-18)24(26)27;1-5-25(23-14-15-23)17-22-13-12-21(16-24(22)18(2)3)11-10-20-8-6-19(4)7-9-20;1-16(2)22-14-19(9-8-18-6-4-17(3)5-7-18)10-11-20(22)15-23-21-12-13-21;;/h7-12,15,17,22H,4,13-14,16H2,1-3H3,(H,26,27);6-9,12-13,16,18,23H,5,14-15,17H2,1-4H3;4-7,10-11,14,16,21,23H,12-13,15H2,1-3H3;;1H2/q;;;+1;/p-1. The van der Waals surface area contributed by atoms with Crippen LogP contribution in [0.5, 0.6) is 0 Å². The van der Waals surface area contributed by atoms with Gasteiger partial charge in [0.1, 0.15) is 0 Å². The van der Waals surface area contributed by atoms with Crippen LogP contribution >= 0.6 is 0 Å². The minimum atomic E-state index is -0.918. The number of nitrogens with one attached hydrogen (secondary N) is 1. The van der Waals surface area contributed by atoms with Crippen LogP contribution < -0.4 is 34.9 Å². The Morgan fingerprint density at radius 2 is 0.805 bits per heavy atom. The van der Waals surface area contributed by atoms with E-state index in [-0.39, 0.29) is 40.6 Å². The number of carbonyl (C=O) groups is 1. The van der Waals surface area contributed by atoms with Crippen LogP contribution in [0.4, 0.5) is 0 Å². The van der Waals surface area contributed by atoms with Gasteiger partial charge in [-0.25, -0.2) is 4.79 Å². The van der Waals surface area contributed by atoms with Gasteiger partial charge in [-0.3, -0.25) is 9.80 Å². The van der Waals surface area contributed by atoms with Gasteiger partial charge in [-0.2, -0.15) is 0 Å². The van der Waals surface area contributed by atoms with E-state index in [4.69, 9.17) is 5.11 Å². The summed E-state index contributed by atoms with van der Waals surface area (Å²) in [5.74, 6) is 20.2. The molecule has 6 aromatic rings. The van der Waals surface area contributed by atoms with E-state index in [1.807, 2.05) is 0 Å². The molecule has 0 saturated heterocycles. The monoisotopic (exact) mass is 1040 g/mol. The second kappa shape index (κ2) is 30.5. The summed E-state index contributed by atoms with van der Waals surface area (Å²) in [6.07, 6.45) is 8.05. The molecular formula is C70H82N3NaO3. The Bertz CT molecular complexity index is 3040. The molecule has 0 spiro atoms. The zero-order valence-electron chi connectivity index (χ0n) is 48.1. The van der Waals surface area contributed by atoms with Gasteiger partial charge in [0.15, 0.2) is 0 Å². The fraction of sp³-hybridized carbons (Fsp3) is 0.386. The average Bonchev–Trinajstić information content (AvgIpc) is 4.24. The Kier molecular flexibility index (Phi) is 24.6. The van der Waals surface area contributed by atoms with Crippen molar-refractivity contribution in [2.45, 2.75) is 163 Å². The quantitative estimate of drug-likeness (QED) is 0.0787. The van der Waals surface area contributed by atoms with E-state index < -0.39 is 5.97 Å². The van der Waals surface area contributed by atoms with E-state index in [0.29, 0.717) is 17.8 Å². The molecule has 3 fully saturated rings. The van der Waals surface area contributed by atoms with Gasteiger partial charge in [0.2, 0.25) is 0 Å². The van der Waals surface area contributed by atoms with E-state index in [1.165, 1.54) is 83.0 Å². The largest absolute Gasteiger partial charge is 1.00 e. The average molecular weight is 1040 g/mol. The molecule has 0 unspecified atom stereocenters. The molecule has 0 bridgehead atoms. The predicted molar refractivity (Wildman–Crippen MR) is 315 cm³/mol. The molecular weight excluding hydrogens is 954 g/mol. The third-order valence-electron chi connectivity index (χ3n) is 14.4. The number of benzene rings is 6. The summed E-state index contributed by atoms with van der Waals surface area (Å²) in [6, 6.07) is 45.7. The van der Waals surface area contributed by atoms with E-state index in [0.717, 1.165) is 84.2 Å². The number of hydrogen-bond donors (Lipinski definition) is 2. The molecule has 396 valence electrons.